The largest absolute Gasteiger partial charge is 0.390 e. The maximum Gasteiger partial charge on any atom is 0.268 e. The Kier molecular flexibility index (Phi) is 8.28. The fourth-order valence-electron chi connectivity index (χ4n) is 4.78. The van der Waals surface area contributed by atoms with E-state index in [1.54, 1.807) is 0 Å². The van der Waals surface area contributed by atoms with Gasteiger partial charge < -0.3 is 20.7 Å². The number of nitrogens with one attached hydrogen (secondary N) is 3. The van der Waals surface area contributed by atoms with Gasteiger partial charge in [-0.25, -0.2) is 8.78 Å². The quantitative estimate of drug-likeness (QED) is 0.365. The van der Waals surface area contributed by atoms with Crippen LogP contribution in [0.1, 0.15) is 58.5 Å². The number of carbonyl (C=O) groups is 1. The van der Waals surface area contributed by atoms with Gasteiger partial charge in [-0.05, 0) is 72.6 Å². The SMILES string of the molecule is CCc1ccc2c(c1)C(NCC(O)C(Cc1cc(F)cc(F)c1)NC(=O)c1cccc(=O)[nH]1)CCC2. The van der Waals surface area contributed by atoms with Crippen molar-refractivity contribution in [2.45, 2.75) is 57.2 Å². The summed E-state index contributed by atoms with van der Waals surface area (Å²) in [6.45, 7) is 2.27. The lowest BCUT2D eigenvalue weighted by Gasteiger charge is -2.30. The van der Waals surface area contributed by atoms with Gasteiger partial charge in [0, 0.05) is 24.7 Å². The van der Waals surface area contributed by atoms with Gasteiger partial charge in [0.1, 0.15) is 17.3 Å². The Morgan fingerprint density at radius 3 is 2.61 bits per heavy atom. The van der Waals surface area contributed by atoms with Gasteiger partial charge in [-0.15, -0.1) is 0 Å². The fourth-order valence-corrected chi connectivity index (χ4v) is 4.78. The van der Waals surface area contributed by atoms with Crippen LogP contribution in [0.3, 0.4) is 0 Å². The number of rotatable bonds is 9. The van der Waals surface area contributed by atoms with Crippen molar-refractivity contribution in [2.24, 2.45) is 0 Å². The molecule has 3 aromatic rings. The van der Waals surface area contributed by atoms with E-state index in [0.717, 1.165) is 31.7 Å². The van der Waals surface area contributed by atoms with Crippen LogP contribution in [0.15, 0.2) is 59.4 Å². The molecule has 3 unspecified atom stereocenters. The van der Waals surface area contributed by atoms with Crippen LogP contribution < -0.4 is 16.2 Å². The molecule has 1 aliphatic carbocycles. The Balaban J connectivity index is 1.51. The van der Waals surface area contributed by atoms with Crippen LogP contribution in [-0.4, -0.2) is 34.7 Å². The highest BCUT2D eigenvalue weighted by molar-refractivity contribution is 5.92. The van der Waals surface area contributed by atoms with E-state index in [9.17, 15) is 23.5 Å². The average molecular weight is 496 g/mol. The minimum atomic E-state index is -1.06. The molecule has 0 saturated heterocycles. The van der Waals surface area contributed by atoms with Crippen LogP contribution in [0.2, 0.25) is 0 Å². The number of pyridine rings is 1. The van der Waals surface area contributed by atoms with E-state index in [0.29, 0.717) is 5.56 Å². The Morgan fingerprint density at radius 1 is 1.11 bits per heavy atom. The minimum Gasteiger partial charge on any atom is -0.390 e. The van der Waals surface area contributed by atoms with Gasteiger partial charge in [0.15, 0.2) is 0 Å². The molecule has 4 N–H and O–H groups in total. The van der Waals surface area contributed by atoms with Crippen LogP contribution >= 0.6 is 0 Å². The number of hydrogen-bond donors (Lipinski definition) is 4. The van der Waals surface area contributed by atoms with Crippen molar-refractivity contribution in [1.82, 2.24) is 15.6 Å². The van der Waals surface area contributed by atoms with Crippen LogP contribution in [0.4, 0.5) is 8.78 Å². The summed E-state index contributed by atoms with van der Waals surface area (Å²) in [5.41, 5.74) is 3.66. The highest BCUT2D eigenvalue weighted by Crippen LogP contribution is 2.30. The molecule has 36 heavy (non-hydrogen) atoms. The molecule has 0 bridgehead atoms. The van der Waals surface area contributed by atoms with Crippen molar-refractivity contribution in [1.29, 1.82) is 0 Å². The number of benzene rings is 2. The zero-order valence-corrected chi connectivity index (χ0v) is 20.2. The molecule has 0 spiro atoms. The second-order valence-electron chi connectivity index (χ2n) is 9.30. The molecule has 1 aromatic heterocycles. The van der Waals surface area contributed by atoms with E-state index in [1.165, 1.54) is 47.0 Å². The number of fused-ring (bicyclic) bond motifs is 1. The van der Waals surface area contributed by atoms with Crippen molar-refractivity contribution in [2.75, 3.05) is 6.54 Å². The second-order valence-corrected chi connectivity index (χ2v) is 9.30. The van der Waals surface area contributed by atoms with Crippen molar-refractivity contribution >= 4 is 5.91 Å². The van der Waals surface area contributed by atoms with Gasteiger partial charge in [0.2, 0.25) is 5.56 Å². The average Bonchev–Trinajstić information content (AvgIpc) is 2.85. The smallest absolute Gasteiger partial charge is 0.268 e. The van der Waals surface area contributed by atoms with Crippen LogP contribution in [0.25, 0.3) is 0 Å². The summed E-state index contributed by atoms with van der Waals surface area (Å²) in [5.74, 6) is -2.06. The first kappa shape index (κ1) is 25.7. The van der Waals surface area contributed by atoms with Crippen LogP contribution in [0, 0.1) is 11.6 Å². The summed E-state index contributed by atoms with van der Waals surface area (Å²) in [6.07, 6.45) is 2.83. The minimum absolute atomic E-state index is 0.00156. The summed E-state index contributed by atoms with van der Waals surface area (Å²) < 4.78 is 27.6. The van der Waals surface area contributed by atoms with Gasteiger partial charge in [-0.2, -0.15) is 0 Å². The molecular formula is C28H31F2N3O3. The Labute approximate surface area is 208 Å². The molecule has 190 valence electrons. The number of aliphatic hydroxyl groups excluding tert-OH is 1. The number of carbonyl (C=O) groups excluding carboxylic acids is 1. The van der Waals surface area contributed by atoms with E-state index in [1.807, 2.05) is 0 Å². The van der Waals surface area contributed by atoms with Crippen molar-refractivity contribution in [3.05, 3.63) is 105 Å². The van der Waals surface area contributed by atoms with Gasteiger partial charge in [-0.1, -0.05) is 31.2 Å². The lowest BCUT2D eigenvalue weighted by atomic mass is 9.86. The molecule has 8 heteroatoms. The summed E-state index contributed by atoms with van der Waals surface area (Å²) in [4.78, 5) is 26.9. The summed E-state index contributed by atoms with van der Waals surface area (Å²) >= 11 is 0. The van der Waals surface area contributed by atoms with Gasteiger partial charge in [0.25, 0.3) is 5.91 Å². The maximum absolute atomic E-state index is 13.8. The highest BCUT2D eigenvalue weighted by Gasteiger charge is 2.26. The van der Waals surface area contributed by atoms with Crippen LogP contribution in [-0.2, 0) is 19.3 Å². The first-order valence-electron chi connectivity index (χ1n) is 12.3. The molecule has 0 radical (unpaired) electrons. The van der Waals surface area contributed by atoms with Gasteiger partial charge in [-0.3, -0.25) is 9.59 Å². The van der Waals surface area contributed by atoms with Crippen molar-refractivity contribution in [3.63, 3.8) is 0 Å². The molecule has 1 heterocycles. The van der Waals surface area contributed by atoms with Gasteiger partial charge >= 0.3 is 0 Å². The summed E-state index contributed by atoms with van der Waals surface area (Å²) in [7, 11) is 0. The van der Waals surface area contributed by atoms with E-state index in [-0.39, 0.29) is 24.7 Å². The number of halogens is 2. The van der Waals surface area contributed by atoms with E-state index < -0.39 is 35.2 Å². The molecule has 4 rings (SSSR count). The number of aromatic amines is 1. The normalized spacial score (nSPS) is 16.7. The number of amides is 1. The fraction of sp³-hybridized carbons (Fsp3) is 0.357. The Hall–Kier alpha value is -3.36. The molecule has 2 aromatic carbocycles. The topological polar surface area (TPSA) is 94.2 Å². The standard InChI is InChI=1S/C28H31F2N3O3/c1-2-17-9-10-19-5-3-6-23(22(19)13-17)31-16-26(34)25(14-18-11-20(29)15-21(30)12-18)33-28(36)24-7-4-8-27(35)32-24/h4,7-13,15,23,25-26,31,34H,2-3,5-6,14,16H2,1H3,(H,32,35)(H,33,36). The number of aryl methyl sites for hydroxylation is 2. The molecular weight excluding hydrogens is 464 g/mol. The third-order valence-electron chi connectivity index (χ3n) is 6.68. The molecule has 0 saturated carbocycles. The van der Waals surface area contributed by atoms with Gasteiger partial charge in [0.05, 0.1) is 12.1 Å². The third kappa shape index (κ3) is 6.44. The summed E-state index contributed by atoms with van der Waals surface area (Å²) in [6, 6.07) is 13.0. The first-order valence-corrected chi connectivity index (χ1v) is 12.3. The number of aliphatic hydroxyl groups is 1. The van der Waals surface area contributed by atoms with E-state index in [4.69, 9.17) is 0 Å². The Bertz CT molecular complexity index is 1260. The van der Waals surface area contributed by atoms with Crippen LogP contribution in [0.5, 0.6) is 0 Å². The molecule has 0 aliphatic heterocycles. The lowest BCUT2D eigenvalue weighted by molar-refractivity contribution is 0.0818. The molecule has 6 nitrogen and oxygen atoms in total. The summed E-state index contributed by atoms with van der Waals surface area (Å²) in [5, 5.41) is 17.3. The van der Waals surface area contributed by atoms with Crippen molar-refractivity contribution in [3.8, 4) is 0 Å². The van der Waals surface area contributed by atoms with E-state index in [2.05, 4.69) is 40.7 Å². The zero-order chi connectivity index (χ0) is 25.7. The first-order chi connectivity index (χ1) is 17.3. The van der Waals surface area contributed by atoms with E-state index >= 15 is 0 Å². The molecule has 0 fully saturated rings. The monoisotopic (exact) mass is 495 g/mol. The number of hydrogen-bond acceptors (Lipinski definition) is 4. The second kappa shape index (κ2) is 11.6. The molecule has 1 amide bonds. The molecule has 3 atom stereocenters. The highest BCUT2D eigenvalue weighted by atomic mass is 19.1. The zero-order valence-electron chi connectivity index (χ0n) is 20.2. The number of H-pyrrole nitrogens is 1. The molecule has 1 aliphatic rings. The Morgan fingerprint density at radius 2 is 1.89 bits per heavy atom. The third-order valence-corrected chi connectivity index (χ3v) is 6.68. The number of aromatic nitrogens is 1. The van der Waals surface area contributed by atoms with Crippen molar-refractivity contribution < 1.29 is 18.7 Å². The lowest BCUT2D eigenvalue weighted by Crippen LogP contribution is -2.49. The predicted molar refractivity (Wildman–Crippen MR) is 134 cm³/mol. The predicted octanol–water partition coefficient (Wildman–Crippen LogP) is 3.58. The maximum atomic E-state index is 13.8.